The number of benzene rings is 1. The molecule has 0 amide bonds. The minimum Gasteiger partial charge on any atom is -0.495 e. The van der Waals surface area contributed by atoms with Crippen LogP contribution in [0.4, 0.5) is 0 Å². The van der Waals surface area contributed by atoms with E-state index < -0.39 is 0 Å². The molecule has 0 atom stereocenters. The third kappa shape index (κ3) is 4.02. The first-order valence-electron chi connectivity index (χ1n) is 6.13. The molecule has 0 radical (unpaired) electrons. The molecule has 0 aliphatic heterocycles. The Morgan fingerprint density at radius 3 is 2.75 bits per heavy atom. The Morgan fingerprint density at radius 1 is 1.25 bits per heavy atom. The maximum absolute atomic E-state index is 8.79. The second kappa shape index (κ2) is 7.59. The van der Waals surface area contributed by atoms with Crippen LogP contribution in [0.25, 0.3) is 0 Å². The summed E-state index contributed by atoms with van der Waals surface area (Å²) in [6.45, 7) is -0.154. The van der Waals surface area contributed by atoms with Crippen molar-refractivity contribution in [3.8, 4) is 17.6 Å². The van der Waals surface area contributed by atoms with Crippen molar-refractivity contribution in [2.45, 2.75) is 10.6 Å². The molecule has 2 rings (SSSR count). The quantitative estimate of drug-likeness (QED) is 0.693. The van der Waals surface area contributed by atoms with Crippen molar-refractivity contribution in [2.24, 2.45) is 0 Å². The standard InChI is InChI=1S/C16H15NO2S/c1-19-16-5-4-13(11-14(16)3-2-10-18)12-20-15-6-8-17-9-7-15/h4-9,11,18H,10,12H2,1H3. The summed E-state index contributed by atoms with van der Waals surface area (Å²) in [5.74, 6) is 7.13. The van der Waals surface area contributed by atoms with Gasteiger partial charge in [0.2, 0.25) is 0 Å². The van der Waals surface area contributed by atoms with Gasteiger partial charge < -0.3 is 9.84 Å². The smallest absolute Gasteiger partial charge is 0.134 e. The van der Waals surface area contributed by atoms with Crippen LogP contribution in [0.1, 0.15) is 11.1 Å². The van der Waals surface area contributed by atoms with Crippen LogP contribution in [0.15, 0.2) is 47.6 Å². The molecule has 0 unspecified atom stereocenters. The number of thioether (sulfide) groups is 1. The first-order chi connectivity index (χ1) is 9.83. The highest BCUT2D eigenvalue weighted by Crippen LogP contribution is 2.25. The molecule has 0 bridgehead atoms. The number of hydrogen-bond donors (Lipinski definition) is 1. The monoisotopic (exact) mass is 285 g/mol. The Kier molecular flexibility index (Phi) is 5.48. The summed E-state index contributed by atoms with van der Waals surface area (Å²) in [4.78, 5) is 5.18. The highest BCUT2D eigenvalue weighted by atomic mass is 32.2. The molecule has 0 saturated heterocycles. The van der Waals surface area contributed by atoms with Gasteiger partial charge >= 0.3 is 0 Å². The largest absolute Gasteiger partial charge is 0.495 e. The van der Waals surface area contributed by atoms with Crippen molar-refractivity contribution in [1.82, 2.24) is 4.98 Å². The number of pyridine rings is 1. The van der Waals surface area contributed by atoms with Crippen molar-refractivity contribution in [1.29, 1.82) is 0 Å². The molecule has 1 N–H and O–H groups in total. The summed E-state index contributed by atoms with van der Waals surface area (Å²) in [7, 11) is 1.62. The van der Waals surface area contributed by atoms with Gasteiger partial charge in [0, 0.05) is 23.0 Å². The van der Waals surface area contributed by atoms with E-state index in [1.165, 1.54) is 4.90 Å². The highest BCUT2D eigenvalue weighted by Gasteiger charge is 2.03. The number of rotatable bonds is 4. The third-order valence-corrected chi connectivity index (χ3v) is 3.70. The fourth-order valence-corrected chi connectivity index (χ4v) is 2.51. The minimum atomic E-state index is -0.154. The zero-order valence-electron chi connectivity index (χ0n) is 11.2. The topological polar surface area (TPSA) is 42.4 Å². The van der Waals surface area contributed by atoms with E-state index in [0.29, 0.717) is 0 Å². The summed E-state index contributed by atoms with van der Waals surface area (Å²) in [6.07, 6.45) is 3.57. The van der Waals surface area contributed by atoms with E-state index in [4.69, 9.17) is 9.84 Å². The van der Waals surface area contributed by atoms with Gasteiger partial charge in [0.25, 0.3) is 0 Å². The molecule has 102 valence electrons. The maximum Gasteiger partial charge on any atom is 0.134 e. The summed E-state index contributed by atoms with van der Waals surface area (Å²) in [6, 6.07) is 9.90. The highest BCUT2D eigenvalue weighted by molar-refractivity contribution is 7.98. The van der Waals surface area contributed by atoms with Crippen molar-refractivity contribution >= 4 is 11.8 Å². The lowest BCUT2D eigenvalue weighted by Gasteiger charge is -2.06. The number of ether oxygens (including phenoxy) is 1. The molecule has 1 aromatic heterocycles. The lowest BCUT2D eigenvalue weighted by molar-refractivity contribution is 0.350. The van der Waals surface area contributed by atoms with E-state index in [-0.39, 0.29) is 6.61 Å². The molecule has 0 saturated carbocycles. The Bertz CT molecular complexity index is 617. The fourth-order valence-electron chi connectivity index (χ4n) is 1.68. The summed E-state index contributed by atoms with van der Waals surface area (Å²) >= 11 is 1.74. The molecule has 2 aromatic rings. The van der Waals surface area contributed by atoms with E-state index in [2.05, 4.69) is 16.8 Å². The Morgan fingerprint density at radius 2 is 2.05 bits per heavy atom. The number of aliphatic hydroxyl groups is 1. The van der Waals surface area contributed by atoms with E-state index >= 15 is 0 Å². The van der Waals surface area contributed by atoms with Crippen molar-refractivity contribution in [3.05, 3.63) is 53.9 Å². The number of hydrogen-bond acceptors (Lipinski definition) is 4. The average Bonchev–Trinajstić information content (AvgIpc) is 2.52. The van der Waals surface area contributed by atoms with Gasteiger partial charge in [-0.25, -0.2) is 0 Å². The summed E-state index contributed by atoms with van der Waals surface area (Å²) in [5, 5.41) is 8.79. The molecule has 4 heteroatoms. The molecule has 1 heterocycles. The second-order valence-corrected chi connectivity index (χ2v) is 5.01. The molecule has 0 aliphatic carbocycles. The van der Waals surface area contributed by atoms with E-state index in [1.807, 2.05) is 30.3 Å². The fraction of sp³-hybridized carbons (Fsp3) is 0.188. The van der Waals surface area contributed by atoms with Crippen LogP contribution in [-0.4, -0.2) is 23.8 Å². The normalized spacial score (nSPS) is 9.70. The lowest BCUT2D eigenvalue weighted by atomic mass is 10.1. The first-order valence-corrected chi connectivity index (χ1v) is 7.11. The lowest BCUT2D eigenvalue weighted by Crippen LogP contribution is -1.91. The number of methoxy groups -OCH3 is 1. The molecule has 1 aromatic carbocycles. The van der Waals surface area contributed by atoms with Gasteiger partial charge in [0.05, 0.1) is 12.7 Å². The van der Waals surface area contributed by atoms with E-state index in [0.717, 1.165) is 22.6 Å². The zero-order valence-corrected chi connectivity index (χ0v) is 12.0. The van der Waals surface area contributed by atoms with Crippen LogP contribution >= 0.6 is 11.8 Å². The van der Waals surface area contributed by atoms with Crippen LogP contribution in [0, 0.1) is 11.8 Å². The Hall–Kier alpha value is -1.96. The van der Waals surface area contributed by atoms with Gasteiger partial charge in [-0.2, -0.15) is 0 Å². The van der Waals surface area contributed by atoms with E-state index in [1.54, 1.807) is 31.3 Å². The van der Waals surface area contributed by atoms with Crippen LogP contribution < -0.4 is 4.74 Å². The van der Waals surface area contributed by atoms with E-state index in [9.17, 15) is 0 Å². The first kappa shape index (κ1) is 14.4. The molecule has 0 fully saturated rings. The number of aromatic nitrogens is 1. The van der Waals surface area contributed by atoms with Crippen LogP contribution in [0.2, 0.25) is 0 Å². The molecule has 3 nitrogen and oxygen atoms in total. The SMILES string of the molecule is COc1ccc(CSc2ccncc2)cc1C#CCO. The van der Waals surface area contributed by atoms with Gasteiger partial charge in [0.1, 0.15) is 12.4 Å². The Balaban J connectivity index is 2.12. The van der Waals surface area contributed by atoms with Gasteiger partial charge in [-0.05, 0) is 29.8 Å². The second-order valence-electron chi connectivity index (χ2n) is 3.97. The van der Waals surface area contributed by atoms with Gasteiger partial charge in [0.15, 0.2) is 0 Å². The minimum absolute atomic E-state index is 0.154. The number of nitrogens with zero attached hydrogens (tertiary/aromatic N) is 1. The maximum atomic E-state index is 8.79. The Labute approximate surface area is 123 Å². The third-order valence-electron chi connectivity index (χ3n) is 2.62. The van der Waals surface area contributed by atoms with Crippen LogP contribution in [-0.2, 0) is 5.75 Å². The molecule has 0 spiro atoms. The average molecular weight is 285 g/mol. The van der Waals surface area contributed by atoms with Crippen molar-refractivity contribution < 1.29 is 9.84 Å². The van der Waals surface area contributed by atoms with Gasteiger partial charge in [-0.1, -0.05) is 17.9 Å². The predicted octanol–water partition coefficient (Wildman–Crippen LogP) is 2.73. The van der Waals surface area contributed by atoms with Crippen LogP contribution in [0.3, 0.4) is 0 Å². The molecule has 0 aliphatic rings. The van der Waals surface area contributed by atoms with Crippen molar-refractivity contribution in [3.63, 3.8) is 0 Å². The summed E-state index contributed by atoms with van der Waals surface area (Å²) in [5.41, 5.74) is 1.96. The summed E-state index contributed by atoms with van der Waals surface area (Å²) < 4.78 is 5.26. The molecule has 20 heavy (non-hydrogen) atoms. The van der Waals surface area contributed by atoms with Gasteiger partial charge in [-0.15, -0.1) is 11.8 Å². The predicted molar refractivity (Wildman–Crippen MR) is 80.8 cm³/mol. The molecular weight excluding hydrogens is 270 g/mol. The molecular formula is C16H15NO2S. The van der Waals surface area contributed by atoms with Crippen LogP contribution in [0.5, 0.6) is 5.75 Å². The number of aliphatic hydroxyl groups excluding tert-OH is 1. The van der Waals surface area contributed by atoms with Crippen molar-refractivity contribution in [2.75, 3.05) is 13.7 Å². The van der Waals surface area contributed by atoms with Gasteiger partial charge in [-0.3, -0.25) is 4.98 Å². The zero-order chi connectivity index (χ0) is 14.2.